The molecule has 0 aromatic carbocycles. The van der Waals surface area contributed by atoms with Gasteiger partial charge in [0.1, 0.15) is 0 Å². The molecule has 0 amide bonds. The molecule has 1 aromatic rings. The highest BCUT2D eigenvalue weighted by Crippen LogP contribution is 2.17. The van der Waals surface area contributed by atoms with Gasteiger partial charge in [0, 0.05) is 12.5 Å². The van der Waals surface area contributed by atoms with Crippen molar-refractivity contribution in [1.29, 1.82) is 0 Å². The van der Waals surface area contributed by atoms with E-state index in [1.807, 2.05) is 0 Å². The van der Waals surface area contributed by atoms with Crippen molar-refractivity contribution in [2.45, 2.75) is 32.2 Å². The standard InChI is InChI=1S/C9H15N3O/c1-7(8-3-2-4-10-8)5-9-12-11-6-13-9/h6-8,10H,2-5H2,1H3. The summed E-state index contributed by atoms with van der Waals surface area (Å²) >= 11 is 0. The third-order valence-corrected chi connectivity index (χ3v) is 2.69. The van der Waals surface area contributed by atoms with E-state index in [9.17, 15) is 0 Å². The first kappa shape index (κ1) is 8.69. The van der Waals surface area contributed by atoms with E-state index in [2.05, 4.69) is 22.4 Å². The Morgan fingerprint density at radius 1 is 1.77 bits per heavy atom. The Morgan fingerprint density at radius 2 is 2.69 bits per heavy atom. The van der Waals surface area contributed by atoms with Crippen LogP contribution in [0.15, 0.2) is 10.8 Å². The van der Waals surface area contributed by atoms with Crippen LogP contribution in [0, 0.1) is 5.92 Å². The lowest BCUT2D eigenvalue weighted by molar-refractivity contribution is 0.373. The fourth-order valence-electron chi connectivity index (χ4n) is 1.90. The summed E-state index contributed by atoms with van der Waals surface area (Å²) in [7, 11) is 0. The summed E-state index contributed by atoms with van der Waals surface area (Å²) in [5, 5.41) is 11.0. The van der Waals surface area contributed by atoms with E-state index in [-0.39, 0.29) is 0 Å². The summed E-state index contributed by atoms with van der Waals surface area (Å²) < 4.78 is 5.11. The molecular formula is C9H15N3O. The Kier molecular flexibility index (Phi) is 2.59. The molecule has 4 nitrogen and oxygen atoms in total. The van der Waals surface area contributed by atoms with Gasteiger partial charge in [-0.2, -0.15) is 0 Å². The second-order valence-electron chi connectivity index (χ2n) is 3.72. The molecule has 1 aromatic heterocycles. The quantitative estimate of drug-likeness (QED) is 0.755. The Balaban J connectivity index is 1.87. The molecule has 2 atom stereocenters. The number of nitrogens with one attached hydrogen (secondary N) is 1. The van der Waals surface area contributed by atoms with Crippen LogP contribution in [0.2, 0.25) is 0 Å². The van der Waals surface area contributed by atoms with E-state index < -0.39 is 0 Å². The first-order valence-electron chi connectivity index (χ1n) is 4.84. The first-order valence-corrected chi connectivity index (χ1v) is 4.84. The molecule has 72 valence electrons. The Morgan fingerprint density at radius 3 is 3.31 bits per heavy atom. The maximum Gasteiger partial charge on any atom is 0.216 e. The molecule has 0 aliphatic carbocycles. The number of nitrogens with zero attached hydrogens (tertiary/aromatic N) is 2. The Labute approximate surface area is 77.7 Å². The fourth-order valence-corrected chi connectivity index (χ4v) is 1.90. The second kappa shape index (κ2) is 3.87. The van der Waals surface area contributed by atoms with Gasteiger partial charge in [-0.15, -0.1) is 10.2 Å². The Hall–Kier alpha value is -0.900. The summed E-state index contributed by atoms with van der Waals surface area (Å²) in [4.78, 5) is 0. The van der Waals surface area contributed by atoms with Crippen LogP contribution in [0.5, 0.6) is 0 Å². The summed E-state index contributed by atoms with van der Waals surface area (Å²) in [5.41, 5.74) is 0. The largest absolute Gasteiger partial charge is 0.428 e. The highest BCUT2D eigenvalue weighted by Gasteiger charge is 2.22. The van der Waals surface area contributed by atoms with E-state index >= 15 is 0 Å². The van der Waals surface area contributed by atoms with Crippen LogP contribution >= 0.6 is 0 Å². The average Bonchev–Trinajstić information content (AvgIpc) is 2.74. The van der Waals surface area contributed by atoms with Crippen molar-refractivity contribution in [3.63, 3.8) is 0 Å². The van der Waals surface area contributed by atoms with E-state index in [0.29, 0.717) is 12.0 Å². The van der Waals surface area contributed by atoms with Crippen molar-refractivity contribution in [1.82, 2.24) is 15.5 Å². The van der Waals surface area contributed by atoms with E-state index in [1.165, 1.54) is 19.2 Å². The highest BCUT2D eigenvalue weighted by atomic mass is 16.4. The van der Waals surface area contributed by atoms with Crippen LogP contribution in [0.1, 0.15) is 25.7 Å². The van der Waals surface area contributed by atoms with Gasteiger partial charge in [-0.3, -0.25) is 0 Å². The molecule has 2 rings (SSSR count). The topological polar surface area (TPSA) is 51.0 Å². The zero-order chi connectivity index (χ0) is 9.10. The summed E-state index contributed by atoms with van der Waals surface area (Å²) in [6.07, 6.45) is 4.84. The maximum absolute atomic E-state index is 5.11. The number of aromatic nitrogens is 2. The maximum atomic E-state index is 5.11. The average molecular weight is 181 g/mol. The zero-order valence-corrected chi connectivity index (χ0v) is 7.86. The van der Waals surface area contributed by atoms with Gasteiger partial charge in [0.2, 0.25) is 12.3 Å². The first-order chi connectivity index (χ1) is 6.36. The number of rotatable bonds is 3. The van der Waals surface area contributed by atoms with Crippen molar-refractivity contribution in [2.24, 2.45) is 5.92 Å². The van der Waals surface area contributed by atoms with Gasteiger partial charge in [-0.05, 0) is 25.3 Å². The molecule has 0 radical (unpaired) electrons. The highest BCUT2D eigenvalue weighted by molar-refractivity contribution is 4.85. The van der Waals surface area contributed by atoms with Gasteiger partial charge in [-0.25, -0.2) is 0 Å². The Bertz CT molecular complexity index is 241. The lowest BCUT2D eigenvalue weighted by atomic mass is 9.97. The molecular weight excluding hydrogens is 166 g/mol. The van der Waals surface area contributed by atoms with E-state index in [0.717, 1.165) is 18.9 Å². The molecule has 1 saturated heterocycles. The van der Waals surface area contributed by atoms with E-state index in [1.54, 1.807) is 0 Å². The summed E-state index contributed by atoms with van der Waals surface area (Å²) in [6.45, 7) is 3.38. The molecule has 1 N–H and O–H groups in total. The van der Waals surface area contributed by atoms with Crippen LogP contribution in [0.4, 0.5) is 0 Å². The third kappa shape index (κ3) is 2.06. The lowest BCUT2D eigenvalue weighted by Crippen LogP contribution is -2.29. The molecule has 13 heavy (non-hydrogen) atoms. The zero-order valence-electron chi connectivity index (χ0n) is 7.86. The SMILES string of the molecule is CC(Cc1nnco1)C1CCCN1. The van der Waals surface area contributed by atoms with E-state index in [4.69, 9.17) is 4.42 Å². The number of hydrogen-bond acceptors (Lipinski definition) is 4. The normalized spacial score (nSPS) is 24.8. The van der Waals surface area contributed by atoms with Crippen molar-refractivity contribution in [3.05, 3.63) is 12.3 Å². The fraction of sp³-hybridized carbons (Fsp3) is 0.778. The molecule has 0 spiro atoms. The molecule has 0 bridgehead atoms. The summed E-state index contributed by atoms with van der Waals surface area (Å²) in [6, 6.07) is 0.631. The molecule has 1 aliphatic heterocycles. The van der Waals surface area contributed by atoms with Crippen molar-refractivity contribution in [3.8, 4) is 0 Å². The minimum atomic E-state index is 0.586. The third-order valence-electron chi connectivity index (χ3n) is 2.69. The van der Waals surface area contributed by atoms with Crippen LogP contribution < -0.4 is 5.32 Å². The van der Waals surface area contributed by atoms with Gasteiger partial charge in [0.15, 0.2) is 0 Å². The summed E-state index contributed by atoms with van der Waals surface area (Å²) in [5.74, 6) is 1.34. The smallest absolute Gasteiger partial charge is 0.216 e. The number of hydrogen-bond donors (Lipinski definition) is 1. The van der Waals surface area contributed by atoms with Crippen LogP contribution in [0.25, 0.3) is 0 Å². The van der Waals surface area contributed by atoms with Crippen LogP contribution in [-0.2, 0) is 6.42 Å². The van der Waals surface area contributed by atoms with Crippen molar-refractivity contribution >= 4 is 0 Å². The van der Waals surface area contributed by atoms with Crippen LogP contribution in [0.3, 0.4) is 0 Å². The predicted molar refractivity (Wildman–Crippen MR) is 48.2 cm³/mol. The molecule has 0 saturated carbocycles. The molecule has 2 heterocycles. The van der Waals surface area contributed by atoms with Crippen molar-refractivity contribution < 1.29 is 4.42 Å². The molecule has 1 aliphatic rings. The lowest BCUT2D eigenvalue weighted by Gasteiger charge is -2.17. The minimum absolute atomic E-state index is 0.586. The van der Waals surface area contributed by atoms with Gasteiger partial charge in [0.05, 0.1) is 0 Å². The van der Waals surface area contributed by atoms with Crippen molar-refractivity contribution in [2.75, 3.05) is 6.54 Å². The molecule has 1 fully saturated rings. The molecule has 4 heteroatoms. The van der Waals surface area contributed by atoms with Gasteiger partial charge >= 0.3 is 0 Å². The monoisotopic (exact) mass is 181 g/mol. The predicted octanol–water partition coefficient (Wildman–Crippen LogP) is 1.00. The second-order valence-corrected chi connectivity index (χ2v) is 3.72. The molecule has 2 unspecified atom stereocenters. The van der Waals surface area contributed by atoms with Gasteiger partial charge in [-0.1, -0.05) is 6.92 Å². The minimum Gasteiger partial charge on any atom is -0.428 e. The van der Waals surface area contributed by atoms with Crippen LogP contribution in [-0.4, -0.2) is 22.8 Å². The van der Waals surface area contributed by atoms with Gasteiger partial charge in [0.25, 0.3) is 0 Å². The van der Waals surface area contributed by atoms with Gasteiger partial charge < -0.3 is 9.73 Å².